The number of piperidine rings is 1. The first-order chi connectivity index (χ1) is 8.05. The molecular formula is C14H29N3. The van der Waals surface area contributed by atoms with Crippen LogP contribution < -0.4 is 5.32 Å². The molecule has 2 unspecified atom stereocenters. The van der Waals surface area contributed by atoms with Crippen LogP contribution in [0.15, 0.2) is 0 Å². The van der Waals surface area contributed by atoms with Crippen molar-refractivity contribution in [3.8, 4) is 0 Å². The second-order valence-corrected chi connectivity index (χ2v) is 6.42. The Hall–Kier alpha value is -0.120. The molecule has 2 rings (SSSR count). The molecule has 1 N–H and O–H groups in total. The molecule has 1 saturated carbocycles. The predicted octanol–water partition coefficient (Wildman–Crippen LogP) is 1.40. The summed E-state index contributed by atoms with van der Waals surface area (Å²) in [4.78, 5) is 5.09. The van der Waals surface area contributed by atoms with Crippen molar-refractivity contribution >= 4 is 0 Å². The molecule has 0 spiro atoms. The highest BCUT2D eigenvalue weighted by molar-refractivity contribution is 4.99. The fourth-order valence-electron chi connectivity index (χ4n) is 3.57. The van der Waals surface area contributed by atoms with Gasteiger partial charge in [-0.25, -0.2) is 0 Å². The van der Waals surface area contributed by atoms with E-state index < -0.39 is 0 Å². The summed E-state index contributed by atoms with van der Waals surface area (Å²) in [5, 5.41) is 3.50. The van der Waals surface area contributed by atoms with Gasteiger partial charge < -0.3 is 15.1 Å². The highest BCUT2D eigenvalue weighted by Crippen LogP contribution is 2.37. The Bertz CT molecular complexity index is 248. The Balaban J connectivity index is 1.93. The van der Waals surface area contributed by atoms with E-state index >= 15 is 0 Å². The Labute approximate surface area is 107 Å². The first-order valence-corrected chi connectivity index (χ1v) is 7.13. The van der Waals surface area contributed by atoms with Crippen LogP contribution in [0, 0.1) is 5.92 Å². The molecular weight excluding hydrogens is 210 g/mol. The number of rotatable bonds is 4. The van der Waals surface area contributed by atoms with E-state index in [-0.39, 0.29) is 0 Å². The van der Waals surface area contributed by atoms with E-state index in [0.29, 0.717) is 5.54 Å². The van der Waals surface area contributed by atoms with Crippen LogP contribution in [0.4, 0.5) is 0 Å². The SMILES string of the molecule is CC1CNCCC1N(C)CC1(N(C)C)CCC1. The Morgan fingerprint density at radius 1 is 1.24 bits per heavy atom. The molecule has 0 bridgehead atoms. The fourth-order valence-corrected chi connectivity index (χ4v) is 3.57. The summed E-state index contributed by atoms with van der Waals surface area (Å²) < 4.78 is 0. The minimum Gasteiger partial charge on any atom is -0.316 e. The molecule has 2 fully saturated rings. The predicted molar refractivity (Wildman–Crippen MR) is 73.3 cm³/mol. The summed E-state index contributed by atoms with van der Waals surface area (Å²) in [6.07, 6.45) is 5.47. The average molecular weight is 239 g/mol. The van der Waals surface area contributed by atoms with Crippen molar-refractivity contribution in [2.75, 3.05) is 40.8 Å². The van der Waals surface area contributed by atoms with Gasteiger partial charge in [-0.2, -0.15) is 0 Å². The third kappa shape index (κ3) is 2.67. The second kappa shape index (κ2) is 5.25. The minimum absolute atomic E-state index is 0.472. The zero-order valence-electron chi connectivity index (χ0n) is 12.0. The Kier molecular flexibility index (Phi) is 4.11. The molecule has 0 aromatic rings. The maximum Gasteiger partial charge on any atom is 0.0330 e. The lowest BCUT2D eigenvalue weighted by Gasteiger charge is -2.51. The van der Waals surface area contributed by atoms with E-state index in [1.54, 1.807) is 0 Å². The van der Waals surface area contributed by atoms with Crippen molar-refractivity contribution in [3.63, 3.8) is 0 Å². The first kappa shape index (κ1) is 13.3. The van der Waals surface area contributed by atoms with Gasteiger partial charge in [-0.15, -0.1) is 0 Å². The van der Waals surface area contributed by atoms with Crippen molar-refractivity contribution in [2.24, 2.45) is 5.92 Å². The monoisotopic (exact) mass is 239 g/mol. The maximum absolute atomic E-state index is 3.50. The van der Waals surface area contributed by atoms with Crippen molar-refractivity contribution < 1.29 is 0 Å². The van der Waals surface area contributed by atoms with E-state index in [1.165, 1.54) is 45.3 Å². The van der Waals surface area contributed by atoms with Gasteiger partial charge in [0, 0.05) is 18.1 Å². The number of hydrogen-bond acceptors (Lipinski definition) is 3. The highest BCUT2D eigenvalue weighted by Gasteiger charge is 2.41. The van der Waals surface area contributed by atoms with Gasteiger partial charge in [0.2, 0.25) is 0 Å². The van der Waals surface area contributed by atoms with Gasteiger partial charge in [-0.1, -0.05) is 6.92 Å². The lowest BCUT2D eigenvalue weighted by Crippen LogP contribution is -2.59. The third-order valence-corrected chi connectivity index (χ3v) is 5.08. The molecule has 1 heterocycles. The van der Waals surface area contributed by atoms with Gasteiger partial charge in [-0.05, 0) is 65.8 Å². The molecule has 100 valence electrons. The van der Waals surface area contributed by atoms with E-state index in [9.17, 15) is 0 Å². The van der Waals surface area contributed by atoms with Crippen LogP contribution in [0.5, 0.6) is 0 Å². The number of nitrogens with zero attached hydrogens (tertiary/aromatic N) is 2. The summed E-state index contributed by atoms with van der Waals surface area (Å²) in [5.74, 6) is 0.785. The number of hydrogen-bond donors (Lipinski definition) is 1. The lowest BCUT2D eigenvalue weighted by molar-refractivity contribution is 0.00423. The molecule has 2 atom stereocenters. The van der Waals surface area contributed by atoms with Crippen LogP contribution >= 0.6 is 0 Å². The molecule has 17 heavy (non-hydrogen) atoms. The maximum atomic E-state index is 3.50. The van der Waals surface area contributed by atoms with E-state index in [1.807, 2.05) is 0 Å². The molecule has 0 aromatic carbocycles. The Morgan fingerprint density at radius 3 is 2.41 bits per heavy atom. The van der Waals surface area contributed by atoms with Crippen LogP contribution in [0.1, 0.15) is 32.6 Å². The van der Waals surface area contributed by atoms with Gasteiger partial charge in [0.05, 0.1) is 0 Å². The van der Waals surface area contributed by atoms with Crippen LogP contribution in [0.2, 0.25) is 0 Å². The summed E-state index contributed by atoms with van der Waals surface area (Å²) >= 11 is 0. The van der Waals surface area contributed by atoms with Crippen LogP contribution in [0.3, 0.4) is 0 Å². The summed E-state index contributed by atoms with van der Waals surface area (Å²) in [5.41, 5.74) is 0.472. The minimum atomic E-state index is 0.472. The van der Waals surface area contributed by atoms with E-state index in [0.717, 1.165) is 12.0 Å². The molecule has 0 aromatic heterocycles. The third-order valence-electron chi connectivity index (χ3n) is 5.08. The van der Waals surface area contributed by atoms with Crippen LogP contribution in [-0.4, -0.2) is 62.2 Å². The smallest absolute Gasteiger partial charge is 0.0330 e. The lowest BCUT2D eigenvalue weighted by atomic mass is 9.75. The molecule has 3 nitrogen and oxygen atoms in total. The van der Waals surface area contributed by atoms with Gasteiger partial charge in [0.15, 0.2) is 0 Å². The summed E-state index contributed by atoms with van der Waals surface area (Å²) in [6.45, 7) is 6.00. The van der Waals surface area contributed by atoms with Gasteiger partial charge in [-0.3, -0.25) is 0 Å². The standard InChI is InChI=1S/C14H29N3/c1-12-10-15-9-6-13(12)17(4)11-14(16(2)3)7-5-8-14/h12-13,15H,5-11H2,1-4H3. The van der Waals surface area contributed by atoms with Crippen molar-refractivity contribution in [2.45, 2.75) is 44.2 Å². The van der Waals surface area contributed by atoms with E-state index in [2.05, 4.69) is 43.2 Å². The quantitative estimate of drug-likeness (QED) is 0.800. The van der Waals surface area contributed by atoms with E-state index in [4.69, 9.17) is 0 Å². The van der Waals surface area contributed by atoms with Crippen molar-refractivity contribution in [1.82, 2.24) is 15.1 Å². The largest absolute Gasteiger partial charge is 0.316 e. The topological polar surface area (TPSA) is 18.5 Å². The van der Waals surface area contributed by atoms with Crippen LogP contribution in [0.25, 0.3) is 0 Å². The highest BCUT2D eigenvalue weighted by atomic mass is 15.2. The Morgan fingerprint density at radius 2 is 1.94 bits per heavy atom. The zero-order valence-corrected chi connectivity index (χ0v) is 12.0. The molecule has 1 aliphatic heterocycles. The summed E-state index contributed by atoms with van der Waals surface area (Å²) in [6, 6.07) is 0.772. The normalized spacial score (nSPS) is 32.8. The molecule has 0 radical (unpaired) electrons. The zero-order chi connectivity index (χ0) is 12.5. The average Bonchev–Trinajstić information content (AvgIpc) is 2.23. The van der Waals surface area contributed by atoms with Gasteiger partial charge in [0.25, 0.3) is 0 Å². The number of likely N-dealkylation sites (N-methyl/N-ethyl adjacent to an activating group) is 2. The van der Waals surface area contributed by atoms with Crippen molar-refractivity contribution in [3.05, 3.63) is 0 Å². The first-order valence-electron chi connectivity index (χ1n) is 7.13. The number of nitrogens with one attached hydrogen (secondary N) is 1. The van der Waals surface area contributed by atoms with Gasteiger partial charge in [0.1, 0.15) is 0 Å². The molecule has 3 heteroatoms. The molecule has 1 aliphatic carbocycles. The van der Waals surface area contributed by atoms with Crippen molar-refractivity contribution in [1.29, 1.82) is 0 Å². The fraction of sp³-hybridized carbons (Fsp3) is 1.00. The second-order valence-electron chi connectivity index (χ2n) is 6.42. The van der Waals surface area contributed by atoms with Gasteiger partial charge >= 0.3 is 0 Å². The molecule has 0 amide bonds. The molecule has 2 aliphatic rings. The summed E-state index contributed by atoms with van der Waals surface area (Å²) in [7, 11) is 6.83. The molecule has 1 saturated heterocycles. The van der Waals surface area contributed by atoms with Crippen LogP contribution in [-0.2, 0) is 0 Å².